The second-order valence-electron chi connectivity index (χ2n) is 5.75. The summed E-state index contributed by atoms with van der Waals surface area (Å²) >= 11 is 0. The lowest BCUT2D eigenvalue weighted by molar-refractivity contribution is -0.142. The van der Waals surface area contributed by atoms with Crippen molar-refractivity contribution in [3.63, 3.8) is 0 Å². The number of carbonyl (C=O) groups is 3. The van der Waals surface area contributed by atoms with Crippen molar-refractivity contribution in [1.82, 2.24) is 10.6 Å². The predicted octanol–water partition coefficient (Wildman–Crippen LogP) is 0.992. The Morgan fingerprint density at radius 1 is 1.20 bits per heavy atom. The van der Waals surface area contributed by atoms with E-state index in [1.807, 2.05) is 6.07 Å². The third-order valence-corrected chi connectivity index (χ3v) is 3.47. The molecule has 0 aromatic heterocycles. The number of hydrogen-bond donors (Lipinski definition) is 3. The number of halogens is 1. The topological polar surface area (TPSA) is 119 Å². The standard InChI is InChI=1S/C17H20FN3O4/c1-10(9-19)7-15(17(24)25)21-16(23)14(20-11(2)22)8-12-3-5-13(18)6-4-12/h3-6,10,14-15H,7-8H2,1-2H3,(H,20,22)(H,21,23)(H,24,25)/t10-,14-,15+/m0/s1. The van der Waals surface area contributed by atoms with Crippen molar-refractivity contribution in [2.45, 2.75) is 38.8 Å². The number of hydrogen-bond acceptors (Lipinski definition) is 4. The normalized spacial score (nSPS) is 13.8. The molecular weight excluding hydrogens is 329 g/mol. The molecule has 8 heteroatoms. The SMILES string of the molecule is CC(=O)N[C@@H](Cc1ccc(F)cc1)C(=O)N[C@H](C[C@H](C)C#N)C(=O)O. The van der Waals surface area contributed by atoms with Gasteiger partial charge in [-0.3, -0.25) is 9.59 Å². The number of carboxylic acid groups (broad SMARTS) is 1. The highest BCUT2D eigenvalue weighted by Gasteiger charge is 2.27. The van der Waals surface area contributed by atoms with Crippen LogP contribution in [0.2, 0.25) is 0 Å². The maximum atomic E-state index is 13.0. The smallest absolute Gasteiger partial charge is 0.326 e. The molecule has 0 aliphatic rings. The molecular formula is C17H20FN3O4. The second kappa shape index (κ2) is 9.37. The van der Waals surface area contributed by atoms with Crippen LogP contribution in [0.1, 0.15) is 25.8 Å². The van der Waals surface area contributed by atoms with E-state index in [1.54, 1.807) is 6.92 Å². The maximum Gasteiger partial charge on any atom is 0.326 e. The van der Waals surface area contributed by atoms with Crippen LogP contribution in [-0.4, -0.2) is 35.0 Å². The van der Waals surface area contributed by atoms with E-state index < -0.39 is 41.6 Å². The van der Waals surface area contributed by atoms with Gasteiger partial charge < -0.3 is 15.7 Å². The molecule has 0 radical (unpaired) electrons. The first kappa shape index (κ1) is 20.1. The molecule has 1 aromatic carbocycles. The maximum absolute atomic E-state index is 13.0. The number of amides is 2. The lowest BCUT2D eigenvalue weighted by Gasteiger charge is -2.21. The first-order valence-corrected chi connectivity index (χ1v) is 7.67. The van der Waals surface area contributed by atoms with Gasteiger partial charge in [0.2, 0.25) is 11.8 Å². The molecule has 0 saturated heterocycles. The highest BCUT2D eigenvalue weighted by molar-refractivity contribution is 5.90. The van der Waals surface area contributed by atoms with Gasteiger partial charge in [-0.15, -0.1) is 0 Å². The fourth-order valence-corrected chi connectivity index (χ4v) is 2.21. The summed E-state index contributed by atoms with van der Waals surface area (Å²) in [6.45, 7) is 2.78. The summed E-state index contributed by atoms with van der Waals surface area (Å²) in [6.07, 6.45) is 0.0206. The Bertz CT molecular complexity index is 669. The zero-order valence-electron chi connectivity index (χ0n) is 14.0. The summed E-state index contributed by atoms with van der Waals surface area (Å²) in [5.74, 6) is -3.39. The third-order valence-electron chi connectivity index (χ3n) is 3.47. The van der Waals surface area contributed by atoms with Crippen molar-refractivity contribution in [3.05, 3.63) is 35.6 Å². The fourth-order valence-electron chi connectivity index (χ4n) is 2.21. The van der Waals surface area contributed by atoms with Gasteiger partial charge in [-0.25, -0.2) is 9.18 Å². The van der Waals surface area contributed by atoms with Crippen molar-refractivity contribution >= 4 is 17.8 Å². The zero-order chi connectivity index (χ0) is 19.0. The van der Waals surface area contributed by atoms with Gasteiger partial charge in [-0.05, 0) is 31.0 Å². The number of carbonyl (C=O) groups excluding carboxylic acids is 2. The Kier molecular flexibility index (Phi) is 7.53. The van der Waals surface area contributed by atoms with E-state index in [9.17, 15) is 23.9 Å². The minimum absolute atomic E-state index is 0.0546. The fraction of sp³-hybridized carbons (Fsp3) is 0.412. The molecule has 3 N–H and O–H groups in total. The van der Waals surface area contributed by atoms with E-state index in [0.29, 0.717) is 5.56 Å². The molecule has 0 unspecified atom stereocenters. The molecule has 2 amide bonds. The molecule has 25 heavy (non-hydrogen) atoms. The monoisotopic (exact) mass is 349 g/mol. The van der Waals surface area contributed by atoms with Crippen molar-refractivity contribution in [2.24, 2.45) is 5.92 Å². The summed E-state index contributed by atoms with van der Waals surface area (Å²) in [5.41, 5.74) is 0.604. The average molecular weight is 349 g/mol. The number of rotatable bonds is 8. The molecule has 134 valence electrons. The molecule has 0 fully saturated rings. The molecule has 3 atom stereocenters. The number of nitriles is 1. The number of aliphatic carboxylic acids is 1. The van der Waals surface area contributed by atoms with Crippen LogP contribution in [0, 0.1) is 23.1 Å². The van der Waals surface area contributed by atoms with Crippen molar-refractivity contribution in [3.8, 4) is 6.07 Å². The Labute approximate surface area is 144 Å². The number of benzene rings is 1. The Balaban J connectivity index is 2.87. The minimum Gasteiger partial charge on any atom is -0.480 e. The van der Waals surface area contributed by atoms with E-state index in [1.165, 1.54) is 31.2 Å². The van der Waals surface area contributed by atoms with E-state index >= 15 is 0 Å². The highest BCUT2D eigenvalue weighted by atomic mass is 19.1. The summed E-state index contributed by atoms with van der Waals surface area (Å²) in [6, 6.07) is 5.06. The van der Waals surface area contributed by atoms with Crippen LogP contribution < -0.4 is 10.6 Å². The summed E-state index contributed by atoms with van der Waals surface area (Å²) in [7, 11) is 0. The molecule has 0 saturated carbocycles. The Morgan fingerprint density at radius 2 is 1.80 bits per heavy atom. The lowest BCUT2D eigenvalue weighted by atomic mass is 10.0. The highest BCUT2D eigenvalue weighted by Crippen LogP contribution is 2.09. The second-order valence-corrected chi connectivity index (χ2v) is 5.75. The van der Waals surface area contributed by atoms with Crippen LogP contribution in [0.3, 0.4) is 0 Å². The third kappa shape index (κ3) is 6.99. The molecule has 1 aromatic rings. The summed E-state index contributed by atoms with van der Waals surface area (Å²) in [4.78, 5) is 35.0. The van der Waals surface area contributed by atoms with Gasteiger partial charge in [-0.1, -0.05) is 12.1 Å². The molecule has 7 nitrogen and oxygen atoms in total. The van der Waals surface area contributed by atoms with Crippen LogP contribution in [0.15, 0.2) is 24.3 Å². The van der Waals surface area contributed by atoms with Crippen LogP contribution in [0.25, 0.3) is 0 Å². The van der Waals surface area contributed by atoms with E-state index in [2.05, 4.69) is 10.6 Å². The van der Waals surface area contributed by atoms with Gasteiger partial charge in [0.25, 0.3) is 0 Å². The summed E-state index contributed by atoms with van der Waals surface area (Å²) in [5, 5.41) is 22.8. The number of carboxylic acids is 1. The molecule has 0 spiro atoms. The summed E-state index contributed by atoms with van der Waals surface area (Å²) < 4.78 is 13.0. The predicted molar refractivity (Wildman–Crippen MR) is 86.7 cm³/mol. The van der Waals surface area contributed by atoms with E-state index in [0.717, 1.165) is 0 Å². The van der Waals surface area contributed by atoms with Crippen LogP contribution in [0.5, 0.6) is 0 Å². The molecule has 0 bridgehead atoms. The Hall–Kier alpha value is -2.95. The van der Waals surface area contributed by atoms with Gasteiger partial charge in [0.15, 0.2) is 0 Å². The van der Waals surface area contributed by atoms with Crippen molar-refractivity contribution < 1.29 is 23.9 Å². The van der Waals surface area contributed by atoms with Crippen LogP contribution in [-0.2, 0) is 20.8 Å². The first-order valence-electron chi connectivity index (χ1n) is 7.67. The first-order chi connectivity index (χ1) is 11.7. The molecule has 0 aliphatic heterocycles. The van der Waals surface area contributed by atoms with Gasteiger partial charge in [-0.2, -0.15) is 5.26 Å². The van der Waals surface area contributed by atoms with Crippen LogP contribution in [0.4, 0.5) is 4.39 Å². The molecule has 0 heterocycles. The van der Waals surface area contributed by atoms with Crippen LogP contribution >= 0.6 is 0 Å². The zero-order valence-corrected chi connectivity index (χ0v) is 14.0. The average Bonchev–Trinajstić information content (AvgIpc) is 2.54. The van der Waals surface area contributed by atoms with E-state index in [-0.39, 0.29) is 12.8 Å². The van der Waals surface area contributed by atoms with E-state index in [4.69, 9.17) is 5.26 Å². The largest absolute Gasteiger partial charge is 0.480 e. The number of nitrogens with one attached hydrogen (secondary N) is 2. The van der Waals surface area contributed by atoms with Crippen molar-refractivity contribution in [2.75, 3.05) is 0 Å². The molecule has 0 aliphatic carbocycles. The van der Waals surface area contributed by atoms with Gasteiger partial charge in [0, 0.05) is 19.3 Å². The molecule has 1 rings (SSSR count). The lowest BCUT2D eigenvalue weighted by Crippen LogP contribution is -2.52. The van der Waals surface area contributed by atoms with Gasteiger partial charge >= 0.3 is 5.97 Å². The Morgan fingerprint density at radius 3 is 2.28 bits per heavy atom. The van der Waals surface area contributed by atoms with Crippen molar-refractivity contribution in [1.29, 1.82) is 5.26 Å². The van der Waals surface area contributed by atoms with Gasteiger partial charge in [0.1, 0.15) is 17.9 Å². The minimum atomic E-state index is -1.26. The quantitative estimate of drug-likeness (QED) is 0.647. The van der Waals surface area contributed by atoms with Gasteiger partial charge in [0.05, 0.1) is 6.07 Å². The number of nitrogens with zero attached hydrogens (tertiary/aromatic N) is 1.